The van der Waals surface area contributed by atoms with Gasteiger partial charge in [-0.1, -0.05) is 18.2 Å². The summed E-state index contributed by atoms with van der Waals surface area (Å²) >= 11 is 0. The Bertz CT molecular complexity index is 622. The Hall–Kier alpha value is -2.29. The second-order valence-electron chi connectivity index (χ2n) is 5.80. The van der Waals surface area contributed by atoms with Crippen molar-refractivity contribution in [3.63, 3.8) is 0 Å². The smallest absolute Gasteiger partial charge is 0.131 e. The molecule has 2 aromatic carbocycles. The van der Waals surface area contributed by atoms with Crippen molar-refractivity contribution >= 4 is 11.5 Å². The zero-order chi connectivity index (χ0) is 15.4. The highest BCUT2D eigenvalue weighted by molar-refractivity contribution is 5.77. The van der Waals surface area contributed by atoms with Crippen LogP contribution >= 0.6 is 0 Å². The topological polar surface area (TPSA) is 29.5 Å². The first kappa shape index (κ1) is 14.6. The van der Waals surface area contributed by atoms with Crippen LogP contribution < -0.4 is 9.64 Å². The van der Waals surface area contributed by atoms with Gasteiger partial charge < -0.3 is 9.64 Å². The van der Waals surface area contributed by atoms with E-state index in [4.69, 9.17) is 4.74 Å². The molecule has 0 aromatic heterocycles. The van der Waals surface area contributed by atoms with Gasteiger partial charge in [0.25, 0.3) is 0 Å². The molecule has 1 atom stereocenters. The van der Waals surface area contributed by atoms with Crippen LogP contribution in [-0.2, 0) is 4.79 Å². The molecule has 0 aliphatic carbocycles. The van der Waals surface area contributed by atoms with Crippen molar-refractivity contribution in [3.8, 4) is 11.5 Å². The molecule has 1 unspecified atom stereocenters. The summed E-state index contributed by atoms with van der Waals surface area (Å²) in [6.07, 6.45) is 2.89. The largest absolute Gasteiger partial charge is 0.457 e. The average Bonchev–Trinajstić information content (AvgIpc) is 2.96. The van der Waals surface area contributed by atoms with Gasteiger partial charge in [0.1, 0.15) is 17.3 Å². The van der Waals surface area contributed by atoms with Gasteiger partial charge in [-0.15, -0.1) is 0 Å². The van der Waals surface area contributed by atoms with Crippen LogP contribution in [-0.4, -0.2) is 18.4 Å². The van der Waals surface area contributed by atoms with Crippen LogP contribution in [0.25, 0.3) is 0 Å². The lowest BCUT2D eigenvalue weighted by molar-refractivity contribution is -0.117. The second-order valence-corrected chi connectivity index (χ2v) is 5.80. The predicted molar refractivity (Wildman–Crippen MR) is 88.6 cm³/mol. The highest BCUT2D eigenvalue weighted by Crippen LogP contribution is 2.30. The first-order chi connectivity index (χ1) is 10.7. The zero-order valence-electron chi connectivity index (χ0n) is 12.9. The SMILES string of the molecule is CC(=O)CC1CCCN1c1ccc(Oc2ccccc2)cc1. The van der Waals surface area contributed by atoms with Gasteiger partial charge in [0.15, 0.2) is 0 Å². The molecule has 1 heterocycles. The number of carbonyl (C=O) groups excluding carboxylic acids is 1. The van der Waals surface area contributed by atoms with Crippen molar-refractivity contribution in [2.75, 3.05) is 11.4 Å². The molecular weight excluding hydrogens is 274 g/mol. The van der Waals surface area contributed by atoms with Crippen molar-refractivity contribution in [1.29, 1.82) is 0 Å². The van der Waals surface area contributed by atoms with Crippen LogP contribution in [0.15, 0.2) is 54.6 Å². The molecule has 0 saturated carbocycles. The number of carbonyl (C=O) groups is 1. The molecule has 1 fully saturated rings. The molecule has 0 N–H and O–H groups in total. The summed E-state index contributed by atoms with van der Waals surface area (Å²) < 4.78 is 5.81. The van der Waals surface area contributed by atoms with Crippen molar-refractivity contribution in [3.05, 3.63) is 54.6 Å². The zero-order valence-corrected chi connectivity index (χ0v) is 12.9. The quantitative estimate of drug-likeness (QED) is 0.817. The summed E-state index contributed by atoms with van der Waals surface area (Å²) in [5.41, 5.74) is 1.17. The number of hydrogen-bond donors (Lipinski definition) is 0. The third kappa shape index (κ3) is 3.48. The maximum Gasteiger partial charge on any atom is 0.131 e. The molecule has 0 amide bonds. The maximum absolute atomic E-state index is 11.4. The Balaban J connectivity index is 1.70. The second kappa shape index (κ2) is 6.65. The molecule has 1 saturated heterocycles. The van der Waals surface area contributed by atoms with E-state index in [2.05, 4.69) is 17.0 Å². The minimum Gasteiger partial charge on any atom is -0.457 e. The molecule has 3 heteroatoms. The minimum atomic E-state index is 0.265. The van der Waals surface area contributed by atoms with Gasteiger partial charge >= 0.3 is 0 Å². The number of nitrogens with zero attached hydrogens (tertiary/aromatic N) is 1. The normalized spacial score (nSPS) is 17.5. The number of anilines is 1. The van der Waals surface area contributed by atoms with Crippen molar-refractivity contribution < 1.29 is 9.53 Å². The minimum absolute atomic E-state index is 0.265. The first-order valence-corrected chi connectivity index (χ1v) is 7.81. The summed E-state index contributed by atoms with van der Waals surface area (Å²) in [6, 6.07) is 18.3. The molecular formula is C19H21NO2. The molecule has 3 nitrogen and oxygen atoms in total. The monoisotopic (exact) mass is 295 g/mol. The number of Topliss-reactive ketones (excluding diaryl/α,β-unsaturated/α-hetero) is 1. The first-order valence-electron chi connectivity index (χ1n) is 7.81. The van der Waals surface area contributed by atoms with Gasteiger partial charge in [-0.2, -0.15) is 0 Å². The highest BCUT2D eigenvalue weighted by atomic mass is 16.5. The fourth-order valence-electron chi connectivity index (χ4n) is 3.05. The van der Waals surface area contributed by atoms with Crippen LogP contribution in [0.1, 0.15) is 26.2 Å². The molecule has 0 bridgehead atoms. The van der Waals surface area contributed by atoms with E-state index in [1.165, 1.54) is 5.69 Å². The number of ether oxygens (including phenoxy) is 1. The van der Waals surface area contributed by atoms with Crippen LogP contribution in [0.3, 0.4) is 0 Å². The van der Waals surface area contributed by atoms with Crippen LogP contribution in [0.5, 0.6) is 11.5 Å². The van der Waals surface area contributed by atoms with Gasteiger partial charge in [-0.3, -0.25) is 4.79 Å². The molecule has 0 spiro atoms. The fourth-order valence-corrected chi connectivity index (χ4v) is 3.05. The Morgan fingerprint density at radius 1 is 1.09 bits per heavy atom. The molecule has 22 heavy (non-hydrogen) atoms. The summed E-state index contributed by atoms with van der Waals surface area (Å²) in [7, 11) is 0. The Morgan fingerprint density at radius 2 is 1.77 bits per heavy atom. The molecule has 3 rings (SSSR count). The van der Waals surface area contributed by atoms with E-state index in [0.717, 1.165) is 30.9 Å². The molecule has 114 valence electrons. The maximum atomic E-state index is 11.4. The summed E-state index contributed by atoms with van der Waals surface area (Å²) in [5, 5.41) is 0. The molecule has 2 aromatic rings. The van der Waals surface area contributed by atoms with Gasteiger partial charge in [-0.05, 0) is 56.2 Å². The third-order valence-electron chi connectivity index (χ3n) is 4.05. The fraction of sp³-hybridized carbons (Fsp3) is 0.316. The number of ketones is 1. The summed E-state index contributed by atoms with van der Waals surface area (Å²) in [6.45, 7) is 2.70. The highest BCUT2D eigenvalue weighted by Gasteiger charge is 2.25. The summed E-state index contributed by atoms with van der Waals surface area (Å²) in [5.74, 6) is 1.93. The molecule has 0 radical (unpaired) electrons. The van der Waals surface area contributed by atoms with Gasteiger partial charge in [-0.25, -0.2) is 0 Å². The number of rotatable bonds is 5. The van der Waals surface area contributed by atoms with E-state index >= 15 is 0 Å². The van der Waals surface area contributed by atoms with E-state index in [0.29, 0.717) is 12.5 Å². The number of benzene rings is 2. The predicted octanol–water partition coefficient (Wildman–Crippen LogP) is 4.43. The molecule has 1 aliphatic heterocycles. The van der Waals surface area contributed by atoms with Crippen LogP contribution in [0.2, 0.25) is 0 Å². The van der Waals surface area contributed by atoms with E-state index in [1.54, 1.807) is 6.92 Å². The van der Waals surface area contributed by atoms with E-state index in [1.807, 2.05) is 42.5 Å². The van der Waals surface area contributed by atoms with Crippen molar-refractivity contribution in [1.82, 2.24) is 0 Å². The summed E-state index contributed by atoms with van der Waals surface area (Å²) in [4.78, 5) is 13.7. The number of hydrogen-bond acceptors (Lipinski definition) is 3. The van der Waals surface area contributed by atoms with Crippen LogP contribution in [0, 0.1) is 0 Å². The lowest BCUT2D eigenvalue weighted by atomic mass is 10.1. The van der Waals surface area contributed by atoms with E-state index < -0.39 is 0 Å². The van der Waals surface area contributed by atoms with Crippen molar-refractivity contribution in [2.24, 2.45) is 0 Å². The number of para-hydroxylation sites is 1. The van der Waals surface area contributed by atoms with Gasteiger partial charge in [0.2, 0.25) is 0 Å². The Morgan fingerprint density at radius 3 is 2.45 bits per heavy atom. The standard InChI is InChI=1S/C19H21NO2/c1-15(21)14-17-6-5-13-20(17)16-9-11-19(12-10-16)22-18-7-3-2-4-8-18/h2-4,7-12,17H,5-6,13-14H2,1H3. The van der Waals surface area contributed by atoms with Gasteiger partial charge in [0.05, 0.1) is 0 Å². The van der Waals surface area contributed by atoms with Crippen LogP contribution in [0.4, 0.5) is 5.69 Å². The lowest BCUT2D eigenvalue weighted by Crippen LogP contribution is -2.30. The van der Waals surface area contributed by atoms with Gasteiger partial charge in [0, 0.05) is 24.7 Å². The van der Waals surface area contributed by atoms with E-state index in [9.17, 15) is 4.79 Å². The Kier molecular flexibility index (Phi) is 4.42. The average molecular weight is 295 g/mol. The van der Waals surface area contributed by atoms with Crippen molar-refractivity contribution in [2.45, 2.75) is 32.2 Å². The van der Waals surface area contributed by atoms with E-state index in [-0.39, 0.29) is 5.78 Å². The lowest BCUT2D eigenvalue weighted by Gasteiger charge is -2.26. The molecule has 1 aliphatic rings. The Labute approximate surface area is 131 Å². The third-order valence-corrected chi connectivity index (χ3v) is 4.05.